The zero-order valence-corrected chi connectivity index (χ0v) is 11.9. The number of halogens is 4. The number of carbonyl (C=O) groups is 1. The Morgan fingerprint density at radius 2 is 1.86 bits per heavy atom. The normalized spacial score (nSPS) is 11.1. The minimum atomic E-state index is -4.76. The largest absolute Gasteiger partial charge is 0.573 e. The maximum absolute atomic E-state index is 12.1. The van der Waals surface area contributed by atoms with Crippen LogP contribution in [0.15, 0.2) is 36.5 Å². The number of carbonyl (C=O) groups excluding carboxylic acids is 1. The van der Waals surface area contributed by atoms with Crippen LogP contribution < -0.4 is 4.74 Å². The van der Waals surface area contributed by atoms with Crippen molar-refractivity contribution in [2.45, 2.75) is 6.36 Å². The van der Waals surface area contributed by atoms with Crippen LogP contribution in [-0.2, 0) is 4.74 Å². The third-order valence-corrected chi connectivity index (χ3v) is 2.88. The Labute approximate surface area is 128 Å². The van der Waals surface area contributed by atoms with Crippen molar-refractivity contribution >= 4 is 17.6 Å². The molecular formula is C14H9ClF3NO3. The summed E-state index contributed by atoms with van der Waals surface area (Å²) < 4.78 is 44.8. The van der Waals surface area contributed by atoms with Gasteiger partial charge in [-0.3, -0.25) is 0 Å². The molecule has 0 radical (unpaired) electrons. The van der Waals surface area contributed by atoms with Crippen molar-refractivity contribution in [1.82, 2.24) is 4.98 Å². The predicted molar refractivity (Wildman–Crippen MR) is 72.7 cm³/mol. The van der Waals surface area contributed by atoms with Crippen molar-refractivity contribution in [3.63, 3.8) is 0 Å². The van der Waals surface area contributed by atoms with Gasteiger partial charge in [-0.15, -0.1) is 13.2 Å². The first-order valence-corrected chi connectivity index (χ1v) is 6.28. The molecule has 1 aromatic carbocycles. The van der Waals surface area contributed by atoms with Crippen LogP contribution in [0.5, 0.6) is 5.75 Å². The van der Waals surface area contributed by atoms with Crippen molar-refractivity contribution in [1.29, 1.82) is 0 Å². The first-order chi connectivity index (χ1) is 10.3. The number of ether oxygens (including phenoxy) is 2. The molecule has 0 saturated carbocycles. The fraction of sp³-hybridized carbons (Fsp3) is 0.143. The van der Waals surface area contributed by atoms with E-state index < -0.39 is 12.3 Å². The quantitative estimate of drug-likeness (QED) is 0.628. The predicted octanol–water partition coefficient (Wildman–Crippen LogP) is 4.09. The van der Waals surface area contributed by atoms with Gasteiger partial charge in [0.2, 0.25) is 0 Å². The number of hydrogen-bond acceptors (Lipinski definition) is 4. The minimum absolute atomic E-state index is 0.0983. The van der Waals surface area contributed by atoms with Gasteiger partial charge < -0.3 is 9.47 Å². The van der Waals surface area contributed by atoms with Crippen LogP contribution in [0.2, 0.25) is 5.15 Å². The standard InChI is InChI=1S/C14H9ClF3NO3/c1-21-13(20)10-6-12(15)19-7-11(10)8-2-4-9(5-3-8)22-14(16,17)18/h2-7H,1H3. The van der Waals surface area contributed by atoms with E-state index in [0.717, 1.165) is 12.1 Å². The van der Waals surface area contributed by atoms with Gasteiger partial charge in [-0.25, -0.2) is 9.78 Å². The molecule has 2 rings (SSSR count). The number of aromatic nitrogens is 1. The Kier molecular flexibility index (Phi) is 4.56. The summed E-state index contributed by atoms with van der Waals surface area (Å²) in [7, 11) is 1.21. The highest BCUT2D eigenvalue weighted by Crippen LogP contribution is 2.29. The Morgan fingerprint density at radius 3 is 2.41 bits per heavy atom. The second-order valence-electron chi connectivity index (χ2n) is 4.12. The molecule has 0 atom stereocenters. The smallest absolute Gasteiger partial charge is 0.465 e. The van der Waals surface area contributed by atoms with E-state index in [-0.39, 0.29) is 16.5 Å². The van der Waals surface area contributed by atoms with E-state index in [1.54, 1.807) is 0 Å². The number of alkyl halides is 3. The molecule has 1 heterocycles. The molecule has 0 bridgehead atoms. The number of hydrogen-bond donors (Lipinski definition) is 0. The molecule has 4 nitrogen and oxygen atoms in total. The maximum Gasteiger partial charge on any atom is 0.573 e. The summed E-state index contributed by atoms with van der Waals surface area (Å²) in [6, 6.07) is 6.34. The van der Waals surface area contributed by atoms with Crippen LogP contribution in [0.25, 0.3) is 11.1 Å². The van der Waals surface area contributed by atoms with Gasteiger partial charge in [0.05, 0.1) is 12.7 Å². The lowest BCUT2D eigenvalue weighted by atomic mass is 10.0. The molecule has 0 fully saturated rings. The molecular weight excluding hydrogens is 323 g/mol. The molecule has 0 spiro atoms. The second kappa shape index (κ2) is 6.23. The SMILES string of the molecule is COC(=O)c1cc(Cl)ncc1-c1ccc(OC(F)(F)F)cc1. The Bertz CT molecular complexity index is 687. The van der Waals surface area contributed by atoms with Crippen LogP contribution in [0.4, 0.5) is 13.2 Å². The number of esters is 1. The van der Waals surface area contributed by atoms with Crippen LogP contribution in [0.3, 0.4) is 0 Å². The number of rotatable bonds is 3. The van der Waals surface area contributed by atoms with Crippen LogP contribution in [-0.4, -0.2) is 24.4 Å². The number of benzene rings is 1. The fourth-order valence-corrected chi connectivity index (χ4v) is 1.93. The summed E-state index contributed by atoms with van der Waals surface area (Å²) in [6.07, 6.45) is -3.42. The second-order valence-corrected chi connectivity index (χ2v) is 4.50. The number of nitrogens with zero attached hydrogens (tertiary/aromatic N) is 1. The lowest BCUT2D eigenvalue weighted by Crippen LogP contribution is -2.16. The highest BCUT2D eigenvalue weighted by Gasteiger charge is 2.31. The molecule has 0 unspecified atom stereocenters. The highest BCUT2D eigenvalue weighted by molar-refractivity contribution is 6.29. The zero-order chi connectivity index (χ0) is 16.3. The Morgan fingerprint density at radius 1 is 1.23 bits per heavy atom. The average Bonchev–Trinajstić information content (AvgIpc) is 2.46. The van der Waals surface area contributed by atoms with E-state index in [1.807, 2.05) is 0 Å². The highest BCUT2D eigenvalue weighted by atomic mass is 35.5. The first kappa shape index (κ1) is 16.1. The van der Waals surface area contributed by atoms with E-state index in [0.29, 0.717) is 11.1 Å². The van der Waals surface area contributed by atoms with Gasteiger partial charge in [-0.1, -0.05) is 23.7 Å². The van der Waals surface area contributed by atoms with E-state index in [9.17, 15) is 18.0 Å². The molecule has 0 N–H and O–H groups in total. The Balaban J connectivity index is 2.38. The van der Waals surface area contributed by atoms with Crippen molar-refractivity contribution in [2.24, 2.45) is 0 Å². The molecule has 2 aromatic rings. The van der Waals surface area contributed by atoms with E-state index in [2.05, 4.69) is 14.5 Å². The summed E-state index contributed by atoms with van der Waals surface area (Å²) in [4.78, 5) is 15.6. The minimum Gasteiger partial charge on any atom is -0.465 e. The summed E-state index contributed by atoms with van der Waals surface area (Å²) >= 11 is 5.74. The van der Waals surface area contributed by atoms with E-state index in [4.69, 9.17) is 11.6 Å². The molecule has 1 aromatic heterocycles. The van der Waals surface area contributed by atoms with Gasteiger partial charge in [0.15, 0.2) is 0 Å². The molecule has 22 heavy (non-hydrogen) atoms. The van der Waals surface area contributed by atoms with E-state index >= 15 is 0 Å². The molecule has 8 heteroatoms. The molecule has 0 aliphatic carbocycles. The third-order valence-electron chi connectivity index (χ3n) is 2.67. The molecule has 116 valence electrons. The van der Waals surface area contributed by atoms with Gasteiger partial charge in [0.25, 0.3) is 0 Å². The summed E-state index contributed by atoms with van der Waals surface area (Å²) in [5, 5.41) is 0.0983. The fourth-order valence-electron chi connectivity index (χ4n) is 1.77. The van der Waals surface area contributed by atoms with Crippen LogP contribution >= 0.6 is 11.6 Å². The maximum atomic E-state index is 12.1. The van der Waals surface area contributed by atoms with Gasteiger partial charge in [-0.2, -0.15) is 0 Å². The van der Waals surface area contributed by atoms with Gasteiger partial charge in [0, 0.05) is 11.8 Å². The van der Waals surface area contributed by atoms with Crippen molar-refractivity contribution < 1.29 is 27.4 Å². The van der Waals surface area contributed by atoms with Gasteiger partial charge in [0.1, 0.15) is 10.9 Å². The summed E-state index contributed by atoms with van der Waals surface area (Å²) in [5.41, 5.74) is 1.01. The van der Waals surface area contributed by atoms with Crippen molar-refractivity contribution in [3.05, 3.63) is 47.2 Å². The third kappa shape index (κ3) is 3.88. The topological polar surface area (TPSA) is 48.4 Å². The summed E-state index contributed by atoms with van der Waals surface area (Å²) in [6.45, 7) is 0. The average molecular weight is 332 g/mol. The lowest BCUT2D eigenvalue weighted by Gasteiger charge is -2.11. The van der Waals surface area contributed by atoms with Crippen molar-refractivity contribution in [3.8, 4) is 16.9 Å². The lowest BCUT2D eigenvalue weighted by molar-refractivity contribution is -0.274. The monoisotopic (exact) mass is 331 g/mol. The van der Waals surface area contributed by atoms with Crippen molar-refractivity contribution in [2.75, 3.05) is 7.11 Å². The number of methoxy groups -OCH3 is 1. The molecule has 0 aliphatic rings. The Hall–Kier alpha value is -2.28. The van der Waals surface area contributed by atoms with Gasteiger partial charge >= 0.3 is 12.3 Å². The number of pyridine rings is 1. The first-order valence-electron chi connectivity index (χ1n) is 5.90. The van der Waals surface area contributed by atoms with Gasteiger partial charge in [-0.05, 0) is 23.8 Å². The van der Waals surface area contributed by atoms with E-state index in [1.165, 1.54) is 31.5 Å². The van der Waals surface area contributed by atoms with Crippen LogP contribution in [0.1, 0.15) is 10.4 Å². The summed E-state index contributed by atoms with van der Waals surface area (Å²) in [5.74, 6) is -0.993. The zero-order valence-electron chi connectivity index (χ0n) is 11.1. The molecule has 0 amide bonds. The van der Waals surface area contributed by atoms with Crippen LogP contribution in [0, 0.1) is 0 Å². The molecule has 0 aliphatic heterocycles. The molecule has 0 saturated heterocycles.